The summed E-state index contributed by atoms with van der Waals surface area (Å²) < 4.78 is 17.0. The molecule has 4 rings (SSSR count). The van der Waals surface area contributed by atoms with Gasteiger partial charge in [-0.05, 0) is 31.0 Å². The topological polar surface area (TPSA) is 128 Å². The van der Waals surface area contributed by atoms with Crippen molar-refractivity contribution in [1.82, 2.24) is 15.5 Å². The number of carboxylic acids is 1. The molecule has 11 heteroatoms. The van der Waals surface area contributed by atoms with Gasteiger partial charge in [0.15, 0.2) is 0 Å². The number of hydrogen-bond donors (Lipinski definition) is 4. The van der Waals surface area contributed by atoms with Crippen molar-refractivity contribution in [3.05, 3.63) is 40.4 Å². The molecular formula is C23H28FN3O6S. The Labute approximate surface area is 200 Å². The van der Waals surface area contributed by atoms with Crippen molar-refractivity contribution < 1.29 is 33.7 Å². The average molecular weight is 494 g/mol. The summed E-state index contributed by atoms with van der Waals surface area (Å²) in [4.78, 5) is 39.0. The number of aliphatic hydroxyl groups excluding tert-OH is 1. The Morgan fingerprint density at radius 2 is 2.06 bits per heavy atom. The highest BCUT2D eigenvalue weighted by molar-refractivity contribution is 8.03. The number of amides is 2. The number of hydrogen-bond acceptors (Lipinski definition) is 7. The molecule has 0 aromatic heterocycles. The second-order valence-corrected chi connectivity index (χ2v) is 10.2. The highest BCUT2D eigenvalue weighted by atomic mass is 32.2. The van der Waals surface area contributed by atoms with E-state index in [9.17, 15) is 29.0 Å². The summed E-state index contributed by atoms with van der Waals surface area (Å²) in [6.07, 6.45) is -0.328. The van der Waals surface area contributed by atoms with Crippen LogP contribution in [0.15, 0.2) is 34.9 Å². The van der Waals surface area contributed by atoms with Gasteiger partial charge in [0.2, 0.25) is 18.7 Å². The van der Waals surface area contributed by atoms with E-state index in [1.165, 1.54) is 16.7 Å². The van der Waals surface area contributed by atoms with Gasteiger partial charge in [0.05, 0.1) is 24.1 Å². The van der Waals surface area contributed by atoms with Crippen LogP contribution < -0.4 is 15.4 Å². The fourth-order valence-corrected chi connectivity index (χ4v) is 6.41. The van der Waals surface area contributed by atoms with Gasteiger partial charge < -0.3 is 30.5 Å². The zero-order valence-electron chi connectivity index (χ0n) is 18.9. The van der Waals surface area contributed by atoms with Gasteiger partial charge in [-0.25, -0.2) is 9.18 Å². The lowest BCUT2D eigenvalue weighted by molar-refractivity contribution is -0.163. The SMILES string of the molecule is C[C@@H](O)[C@H]1C(=O)N2C(C(=O)O)=C(S[C@@H]3CN[C@H](C(=O)NCc4ccc(OCF)cc4)C3)[C@H](C)[C@H]12. The van der Waals surface area contributed by atoms with E-state index in [1.807, 2.05) is 6.92 Å². The molecule has 9 nitrogen and oxygen atoms in total. The summed E-state index contributed by atoms with van der Waals surface area (Å²) in [7, 11) is 0. The van der Waals surface area contributed by atoms with Crippen LogP contribution in [0, 0.1) is 11.8 Å². The lowest BCUT2D eigenvalue weighted by atomic mass is 9.79. The normalized spacial score (nSPS) is 29.0. The Kier molecular flexibility index (Phi) is 7.15. The lowest BCUT2D eigenvalue weighted by Gasteiger charge is -2.46. The highest BCUT2D eigenvalue weighted by Crippen LogP contribution is 2.51. The van der Waals surface area contributed by atoms with Crippen molar-refractivity contribution in [3.8, 4) is 5.75 Å². The van der Waals surface area contributed by atoms with Crippen molar-refractivity contribution >= 4 is 29.5 Å². The Morgan fingerprint density at radius 1 is 1.35 bits per heavy atom. The third-order valence-electron chi connectivity index (χ3n) is 6.62. The minimum Gasteiger partial charge on any atom is -0.477 e. The number of β-lactam (4-membered cyclic amide) rings is 1. The molecule has 3 aliphatic heterocycles. The number of alkyl halides is 1. The molecule has 2 fully saturated rings. The van der Waals surface area contributed by atoms with Gasteiger partial charge in [-0.2, -0.15) is 0 Å². The molecule has 3 heterocycles. The van der Waals surface area contributed by atoms with Crippen molar-refractivity contribution in [2.75, 3.05) is 13.4 Å². The molecular weight excluding hydrogens is 465 g/mol. The number of rotatable bonds is 9. The standard InChI is InChI=1S/C23H28FN3O6S/c1-11-18-17(12(2)28)22(30)27(18)19(23(31)32)20(11)34-15-7-16(25-9-15)21(29)26-8-13-3-5-14(6-4-13)33-10-24/h3-6,11-12,15-18,25,28H,7-10H2,1-2H3,(H,26,29)(H,31,32)/t11-,12-,15+,16+,17-,18-/m1/s1. The number of fused-ring (bicyclic) bond motifs is 1. The zero-order chi connectivity index (χ0) is 24.6. The van der Waals surface area contributed by atoms with E-state index in [2.05, 4.69) is 10.6 Å². The maximum Gasteiger partial charge on any atom is 0.353 e. The molecule has 4 N–H and O–H groups in total. The van der Waals surface area contributed by atoms with E-state index in [0.29, 0.717) is 30.2 Å². The number of benzene rings is 1. The van der Waals surface area contributed by atoms with Crippen LogP contribution in [0.25, 0.3) is 0 Å². The second-order valence-electron chi connectivity index (χ2n) is 8.82. The molecule has 0 radical (unpaired) electrons. The first-order chi connectivity index (χ1) is 16.2. The van der Waals surface area contributed by atoms with Crippen molar-refractivity contribution in [2.45, 2.75) is 50.3 Å². The summed E-state index contributed by atoms with van der Waals surface area (Å²) in [5.74, 6) is -2.06. The summed E-state index contributed by atoms with van der Waals surface area (Å²) in [5.41, 5.74) is 0.846. The number of halogens is 1. The quantitative estimate of drug-likeness (QED) is 0.378. The number of carboxylic acid groups (broad SMARTS) is 1. The molecule has 0 bridgehead atoms. The molecule has 0 unspecified atom stereocenters. The number of nitrogens with one attached hydrogen (secondary N) is 2. The van der Waals surface area contributed by atoms with Crippen LogP contribution in [0.4, 0.5) is 4.39 Å². The summed E-state index contributed by atoms with van der Waals surface area (Å²) >= 11 is 1.40. The predicted molar refractivity (Wildman–Crippen MR) is 122 cm³/mol. The fraction of sp³-hybridized carbons (Fsp3) is 0.522. The van der Waals surface area contributed by atoms with Gasteiger partial charge in [0, 0.05) is 29.2 Å². The number of carbonyl (C=O) groups is 3. The molecule has 3 aliphatic rings. The van der Waals surface area contributed by atoms with Crippen LogP contribution in [0.2, 0.25) is 0 Å². The predicted octanol–water partition coefficient (Wildman–Crippen LogP) is 1.23. The van der Waals surface area contributed by atoms with E-state index >= 15 is 0 Å². The molecule has 34 heavy (non-hydrogen) atoms. The van der Waals surface area contributed by atoms with Crippen LogP contribution in [0.5, 0.6) is 5.75 Å². The summed E-state index contributed by atoms with van der Waals surface area (Å²) in [5, 5.41) is 25.8. The maximum absolute atomic E-state index is 12.6. The average Bonchev–Trinajstić information content (AvgIpc) is 3.35. The Balaban J connectivity index is 1.35. The number of ether oxygens (including phenoxy) is 1. The van der Waals surface area contributed by atoms with Crippen LogP contribution in [-0.2, 0) is 20.9 Å². The molecule has 2 saturated heterocycles. The number of nitrogens with zero attached hydrogens (tertiary/aromatic N) is 1. The molecule has 184 valence electrons. The molecule has 1 aromatic rings. The first-order valence-corrected chi connectivity index (χ1v) is 12.0. The highest BCUT2D eigenvalue weighted by Gasteiger charge is 2.60. The van der Waals surface area contributed by atoms with Crippen LogP contribution in [0.3, 0.4) is 0 Å². The summed E-state index contributed by atoms with van der Waals surface area (Å²) in [6.45, 7) is 3.38. The number of aliphatic carboxylic acids is 1. The number of aliphatic hydroxyl groups is 1. The van der Waals surface area contributed by atoms with E-state index in [1.54, 1.807) is 31.2 Å². The number of carbonyl (C=O) groups excluding carboxylic acids is 2. The Hall–Kier alpha value is -2.63. The van der Waals surface area contributed by atoms with E-state index in [-0.39, 0.29) is 34.7 Å². The zero-order valence-corrected chi connectivity index (χ0v) is 19.7. The first kappa shape index (κ1) is 24.5. The number of thioether (sulfide) groups is 1. The molecule has 1 aromatic carbocycles. The van der Waals surface area contributed by atoms with Gasteiger partial charge >= 0.3 is 5.97 Å². The first-order valence-electron chi connectivity index (χ1n) is 11.2. The molecule has 0 saturated carbocycles. The largest absolute Gasteiger partial charge is 0.477 e. The smallest absolute Gasteiger partial charge is 0.353 e. The van der Waals surface area contributed by atoms with Crippen LogP contribution in [0.1, 0.15) is 25.8 Å². The van der Waals surface area contributed by atoms with E-state index < -0.39 is 30.9 Å². The van der Waals surface area contributed by atoms with Crippen LogP contribution >= 0.6 is 11.8 Å². The van der Waals surface area contributed by atoms with Gasteiger partial charge in [0.1, 0.15) is 11.4 Å². The van der Waals surface area contributed by atoms with Crippen molar-refractivity contribution in [2.24, 2.45) is 11.8 Å². The monoisotopic (exact) mass is 493 g/mol. The van der Waals surface area contributed by atoms with Gasteiger partial charge in [-0.15, -0.1) is 11.8 Å². The van der Waals surface area contributed by atoms with E-state index in [0.717, 1.165) is 5.56 Å². The summed E-state index contributed by atoms with van der Waals surface area (Å²) in [6, 6.07) is 6.00. The third kappa shape index (κ3) is 4.51. The van der Waals surface area contributed by atoms with Crippen molar-refractivity contribution in [1.29, 1.82) is 0 Å². The molecule has 6 atom stereocenters. The maximum atomic E-state index is 12.6. The van der Waals surface area contributed by atoms with Gasteiger partial charge in [-0.1, -0.05) is 19.1 Å². The second kappa shape index (κ2) is 9.93. The Bertz CT molecular complexity index is 1000. The molecule has 0 spiro atoms. The minimum atomic E-state index is -1.16. The fourth-order valence-electron chi connectivity index (χ4n) is 4.93. The third-order valence-corrected chi connectivity index (χ3v) is 8.13. The molecule has 0 aliphatic carbocycles. The van der Waals surface area contributed by atoms with E-state index in [4.69, 9.17) is 4.74 Å². The molecule has 2 amide bonds. The minimum absolute atomic E-state index is 0.00233. The lowest BCUT2D eigenvalue weighted by Crippen LogP contribution is -2.63. The van der Waals surface area contributed by atoms with Gasteiger partial charge in [-0.3, -0.25) is 9.59 Å². The van der Waals surface area contributed by atoms with Gasteiger partial charge in [0.25, 0.3) is 0 Å². The Morgan fingerprint density at radius 3 is 2.68 bits per heavy atom. The van der Waals surface area contributed by atoms with Crippen LogP contribution in [-0.4, -0.2) is 69.7 Å². The van der Waals surface area contributed by atoms with Crippen molar-refractivity contribution in [3.63, 3.8) is 0 Å².